The maximum Gasteiger partial charge on any atom is 0.305 e. The number of carbonyl (C=O) groups is 1. The summed E-state index contributed by atoms with van der Waals surface area (Å²) in [5.74, 6) is -0.766. The van der Waals surface area contributed by atoms with E-state index in [-0.39, 0.29) is 18.0 Å². The molecule has 2 rings (SSSR count). The van der Waals surface area contributed by atoms with E-state index >= 15 is 0 Å². The van der Waals surface area contributed by atoms with Crippen LogP contribution in [-0.2, 0) is 4.79 Å². The van der Waals surface area contributed by atoms with Gasteiger partial charge in [0, 0.05) is 31.5 Å². The molecule has 0 spiro atoms. The molecule has 0 amide bonds. The number of hydrogen-bond acceptors (Lipinski definition) is 4. The fraction of sp³-hybridized carbons (Fsp3) is 0.500. The van der Waals surface area contributed by atoms with Crippen molar-refractivity contribution in [3.8, 4) is 0 Å². The highest BCUT2D eigenvalue weighted by Gasteiger charge is 2.39. The van der Waals surface area contributed by atoms with E-state index in [9.17, 15) is 4.79 Å². The minimum absolute atomic E-state index is 0.102. The Morgan fingerprint density at radius 2 is 2.47 bits per heavy atom. The van der Waals surface area contributed by atoms with Gasteiger partial charge in [0.25, 0.3) is 0 Å². The summed E-state index contributed by atoms with van der Waals surface area (Å²) in [7, 11) is 0. The largest absolute Gasteiger partial charge is 0.481 e. The highest BCUT2D eigenvalue weighted by Crippen LogP contribution is 2.22. The van der Waals surface area contributed by atoms with Crippen LogP contribution >= 0.6 is 0 Å². The average Bonchev–Trinajstić information content (AvgIpc) is 2.26. The van der Waals surface area contributed by atoms with Crippen molar-refractivity contribution in [3.63, 3.8) is 0 Å². The topological polar surface area (TPSA) is 74.2 Å². The van der Waals surface area contributed by atoms with Crippen molar-refractivity contribution in [3.05, 3.63) is 30.1 Å². The lowest BCUT2D eigenvalue weighted by Crippen LogP contribution is -2.68. The van der Waals surface area contributed by atoms with Gasteiger partial charge in [-0.1, -0.05) is 6.07 Å². The molecule has 1 aliphatic rings. The lowest BCUT2D eigenvalue weighted by Gasteiger charge is -2.44. The molecule has 1 fully saturated rings. The molecule has 1 aromatic rings. The van der Waals surface area contributed by atoms with Crippen molar-refractivity contribution in [2.45, 2.75) is 24.9 Å². The maximum atomic E-state index is 10.8. The standard InChI is InChI=1S/C12H17N3O2/c1-9(10-3-2-4-13-6-10)15-12(5-11(16)17)7-14-8-12/h2-4,6,9,14-15H,5,7-8H2,1H3,(H,16,17). The monoisotopic (exact) mass is 235 g/mol. The number of pyridine rings is 1. The van der Waals surface area contributed by atoms with Gasteiger partial charge in [0.2, 0.25) is 0 Å². The second-order valence-corrected chi connectivity index (χ2v) is 4.61. The van der Waals surface area contributed by atoms with Gasteiger partial charge in [-0.2, -0.15) is 0 Å². The van der Waals surface area contributed by atoms with Gasteiger partial charge in [-0.05, 0) is 18.6 Å². The Bertz CT molecular complexity index is 390. The van der Waals surface area contributed by atoms with Crippen LogP contribution in [0.25, 0.3) is 0 Å². The molecule has 2 heterocycles. The van der Waals surface area contributed by atoms with Crippen LogP contribution in [0.3, 0.4) is 0 Å². The van der Waals surface area contributed by atoms with E-state index in [4.69, 9.17) is 5.11 Å². The molecular weight excluding hydrogens is 218 g/mol. The van der Waals surface area contributed by atoms with Gasteiger partial charge in [0.1, 0.15) is 0 Å². The van der Waals surface area contributed by atoms with Crippen LogP contribution in [0.5, 0.6) is 0 Å². The van der Waals surface area contributed by atoms with Gasteiger partial charge in [-0.25, -0.2) is 0 Å². The molecule has 0 radical (unpaired) electrons. The van der Waals surface area contributed by atoms with Gasteiger partial charge in [0.05, 0.1) is 12.0 Å². The van der Waals surface area contributed by atoms with E-state index in [1.165, 1.54) is 0 Å². The molecule has 5 nitrogen and oxygen atoms in total. The molecule has 92 valence electrons. The van der Waals surface area contributed by atoms with Gasteiger partial charge >= 0.3 is 5.97 Å². The second-order valence-electron chi connectivity index (χ2n) is 4.61. The van der Waals surface area contributed by atoms with Gasteiger partial charge in [0.15, 0.2) is 0 Å². The average molecular weight is 235 g/mol. The van der Waals surface area contributed by atoms with Crippen LogP contribution < -0.4 is 10.6 Å². The number of aliphatic carboxylic acids is 1. The summed E-state index contributed by atoms with van der Waals surface area (Å²) in [4.78, 5) is 14.9. The first kappa shape index (κ1) is 12.0. The number of carboxylic acid groups (broad SMARTS) is 1. The minimum Gasteiger partial charge on any atom is -0.481 e. The SMILES string of the molecule is CC(NC1(CC(=O)O)CNC1)c1cccnc1. The molecule has 17 heavy (non-hydrogen) atoms. The van der Waals surface area contributed by atoms with Crippen molar-refractivity contribution in [1.82, 2.24) is 15.6 Å². The molecule has 0 saturated carbocycles. The number of carboxylic acids is 1. The smallest absolute Gasteiger partial charge is 0.305 e. The van der Waals surface area contributed by atoms with Gasteiger partial charge in [-0.15, -0.1) is 0 Å². The summed E-state index contributed by atoms with van der Waals surface area (Å²) in [5.41, 5.74) is 0.755. The Balaban J connectivity index is 2.02. The molecule has 1 atom stereocenters. The highest BCUT2D eigenvalue weighted by molar-refractivity contribution is 5.68. The summed E-state index contributed by atoms with van der Waals surface area (Å²) in [6, 6.07) is 3.98. The zero-order valence-corrected chi connectivity index (χ0v) is 9.81. The normalized spacial score (nSPS) is 19.4. The van der Waals surface area contributed by atoms with E-state index in [0.717, 1.165) is 5.56 Å². The lowest BCUT2D eigenvalue weighted by molar-refractivity contribution is -0.139. The van der Waals surface area contributed by atoms with E-state index in [1.807, 2.05) is 19.1 Å². The van der Waals surface area contributed by atoms with Crippen molar-refractivity contribution in [1.29, 1.82) is 0 Å². The third-order valence-corrected chi connectivity index (χ3v) is 3.12. The molecule has 0 aliphatic carbocycles. The summed E-state index contributed by atoms with van der Waals surface area (Å²) >= 11 is 0. The Morgan fingerprint density at radius 3 is 2.94 bits per heavy atom. The Morgan fingerprint density at radius 1 is 1.71 bits per heavy atom. The highest BCUT2D eigenvalue weighted by atomic mass is 16.4. The Labute approximate surface area is 100 Å². The predicted octanol–water partition coefficient (Wildman–Crippen LogP) is 0.549. The summed E-state index contributed by atoms with van der Waals surface area (Å²) < 4.78 is 0. The first-order valence-corrected chi connectivity index (χ1v) is 5.71. The van der Waals surface area contributed by atoms with Crippen molar-refractivity contribution in [2.75, 3.05) is 13.1 Å². The molecule has 0 aromatic carbocycles. The zero-order chi connectivity index (χ0) is 12.3. The molecule has 1 aromatic heterocycles. The van der Waals surface area contributed by atoms with Crippen molar-refractivity contribution < 1.29 is 9.90 Å². The number of nitrogens with zero attached hydrogens (tertiary/aromatic N) is 1. The molecule has 0 bridgehead atoms. The van der Waals surface area contributed by atoms with E-state index in [2.05, 4.69) is 15.6 Å². The predicted molar refractivity (Wildman–Crippen MR) is 63.6 cm³/mol. The number of nitrogens with one attached hydrogen (secondary N) is 2. The van der Waals surface area contributed by atoms with Crippen LogP contribution in [0.1, 0.15) is 24.9 Å². The van der Waals surface area contributed by atoms with E-state index in [0.29, 0.717) is 13.1 Å². The fourth-order valence-corrected chi connectivity index (χ4v) is 2.17. The molecule has 1 unspecified atom stereocenters. The van der Waals surface area contributed by atoms with Crippen LogP contribution in [-0.4, -0.2) is 34.7 Å². The van der Waals surface area contributed by atoms with Gasteiger partial charge < -0.3 is 15.7 Å². The number of hydrogen-bond donors (Lipinski definition) is 3. The summed E-state index contributed by atoms with van der Waals surface area (Å²) in [6.07, 6.45) is 3.68. The molecule has 1 saturated heterocycles. The first-order valence-electron chi connectivity index (χ1n) is 5.71. The van der Waals surface area contributed by atoms with Crippen molar-refractivity contribution in [2.24, 2.45) is 0 Å². The third-order valence-electron chi connectivity index (χ3n) is 3.12. The van der Waals surface area contributed by atoms with Crippen LogP contribution in [0.15, 0.2) is 24.5 Å². The molecule has 1 aliphatic heterocycles. The molecule has 3 N–H and O–H groups in total. The van der Waals surface area contributed by atoms with E-state index in [1.54, 1.807) is 12.4 Å². The Kier molecular flexibility index (Phi) is 3.40. The van der Waals surface area contributed by atoms with E-state index < -0.39 is 5.97 Å². The van der Waals surface area contributed by atoms with Crippen LogP contribution in [0, 0.1) is 0 Å². The lowest BCUT2D eigenvalue weighted by atomic mass is 9.87. The first-order chi connectivity index (χ1) is 8.11. The second kappa shape index (κ2) is 4.81. The summed E-state index contributed by atoms with van der Waals surface area (Å²) in [6.45, 7) is 3.42. The zero-order valence-electron chi connectivity index (χ0n) is 9.81. The quantitative estimate of drug-likeness (QED) is 0.695. The van der Waals surface area contributed by atoms with Crippen LogP contribution in [0.2, 0.25) is 0 Å². The fourth-order valence-electron chi connectivity index (χ4n) is 2.17. The Hall–Kier alpha value is -1.46. The summed E-state index contributed by atoms with van der Waals surface area (Å²) in [5, 5.41) is 15.4. The van der Waals surface area contributed by atoms with Crippen molar-refractivity contribution >= 4 is 5.97 Å². The minimum atomic E-state index is -0.766. The molecule has 5 heteroatoms. The molecular formula is C12H17N3O2. The third kappa shape index (κ3) is 2.81. The number of rotatable bonds is 5. The van der Waals surface area contributed by atoms with Gasteiger partial charge in [-0.3, -0.25) is 9.78 Å². The number of aromatic nitrogens is 1. The maximum absolute atomic E-state index is 10.8. The van der Waals surface area contributed by atoms with Crippen LogP contribution in [0.4, 0.5) is 0 Å².